The maximum Gasteiger partial charge on any atom is -0.00563 e. The van der Waals surface area contributed by atoms with Gasteiger partial charge in [-0.25, -0.2) is 0 Å². The molecule has 12 heavy (non-hydrogen) atoms. The Morgan fingerprint density at radius 3 is 2.75 bits per heavy atom. The third kappa shape index (κ3) is 1.88. The van der Waals surface area contributed by atoms with E-state index in [1.54, 1.807) is 6.20 Å². The van der Waals surface area contributed by atoms with Crippen molar-refractivity contribution in [3.05, 3.63) is 41.1 Å². The zero-order chi connectivity index (χ0) is 8.97. The molecule has 0 saturated heterocycles. The molecule has 0 aliphatic heterocycles. The van der Waals surface area contributed by atoms with Gasteiger partial charge in [-0.15, -0.1) is 0 Å². The molecule has 1 heteroatoms. The molecule has 1 rings (SSSR count). The van der Waals surface area contributed by atoms with Crippen molar-refractivity contribution in [3.8, 4) is 0 Å². The first-order valence-corrected chi connectivity index (χ1v) is 4.25. The summed E-state index contributed by atoms with van der Waals surface area (Å²) in [4.78, 5) is 0. The Morgan fingerprint density at radius 2 is 2.17 bits per heavy atom. The van der Waals surface area contributed by atoms with Crippen molar-refractivity contribution < 1.29 is 0 Å². The molecule has 0 spiro atoms. The molecule has 0 aliphatic carbocycles. The van der Waals surface area contributed by atoms with Crippen molar-refractivity contribution in [2.75, 3.05) is 0 Å². The SMILES string of the molecule is CCc1ccc(C)c(/C=C\N)c1. The molecule has 0 saturated carbocycles. The average molecular weight is 161 g/mol. The minimum atomic E-state index is 1.08. The van der Waals surface area contributed by atoms with Gasteiger partial charge >= 0.3 is 0 Å². The zero-order valence-corrected chi connectivity index (χ0v) is 7.67. The van der Waals surface area contributed by atoms with Crippen LogP contribution in [-0.4, -0.2) is 0 Å². The van der Waals surface area contributed by atoms with Crippen LogP contribution >= 0.6 is 0 Å². The second kappa shape index (κ2) is 3.96. The number of nitrogens with two attached hydrogens (primary N) is 1. The number of hydrogen-bond donors (Lipinski definition) is 1. The van der Waals surface area contributed by atoms with Gasteiger partial charge in [0, 0.05) is 0 Å². The molecule has 0 fully saturated rings. The first-order chi connectivity index (χ1) is 5.77. The maximum atomic E-state index is 5.34. The van der Waals surface area contributed by atoms with Crippen molar-refractivity contribution in [2.24, 2.45) is 5.73 Å². The number of hydrogen-bond acceptors (Lipinski definition) is 1. The molecule has 0 aromatic heterocycles. The fourth-order valence-corrected chi connectivity index (χ4v) is 1.19. The lowest BCUT2D eigenvalue weighted by molar-refractivity contribution is 1.13. The van der Waals surface area contributed by atoms with Crippen molar-refractivity contribution >= 4 is 6.08 Å². The van der Waals surface area contributed by atoms with E-state index in [9.17, 15) is 0 Å². The molecule has 0 bridgehead atoms. The standard InChI is InChI=1S/C11H15N/c1-3-10-5-4-9(2)11(8-10)6-7-12/h4-8H,3,12H2,1-2H3/b7-6-. The second-order valence-corrected chi connectivity index (χ2v) is 2.90. The van der Waals surface area contributed by atoms with Gasteiger partial charge in [0.2, 0.25) is 0 Å². The third-order valence-electron chi connectivity index (χ3n) is 2.03. The van der Waals surface area contributed by atoms with Crippen molar-refractivity contribution in [3.63, 3.8) is 0 Å². The van der Waals surface area contributed by atoms with E-state index in [-0.39, 0.29) is 0 Å². The Morgan fingerprint density at radius 1 is 1.42 bits per heavy atom. The van der Waals surface area contributed by atoms with E-state index < -0.39 is 0 Å². The van der Waals surface area contributed by atoms with Crippen LogP contribution in [0.5, 0.6) is 0 Å². The van der Waals surface area contributed by atoms with E-state index in [1.165, 1.54) is 16.7 Å². The van der Waals surface area contributed by atoms with Gasteiger partial charge in [-0.1, -0.05) is 25.1 Å². The number of aryl methyl sites for hydroxylation is 2. The topological polar surface area (TPSA) is 26.0 Å². The Labute approximate surface area is 73.9 Å². The van der Waals surface area contributed by atoms with Crippen LogP contribution in [0.2, 0.25) is 0 Å². The third-order valence-corrected chi connectivity index (χ3v) is 2.03. The minimum absolute atomic E-state index is 1.08. The van der Waals surface area contributed by atoms with Crippen molar-refractivity contribution in [1.29, 1.82) is 0 Å². The van der Waals surface area contributed by atoms with E-state index in [0.717, 1.165) is 6.42 Å². The van der Waals surface area contributed by atoms with Crippen molar-refractivity contribution in [1.82, 2.24) is 0 Å². The quantitative estimate of drug-likeness (QED) is 0.708. The molecule has 64 valence electrons. The van der Waals surface area contributed by atoms with Crippen LogP contribution in [0, 0.1) is 6.92 Å². The molecule has 0 heterocycles. The smallest absolute Gasteiger partial charge is 0.00563 e. The predicted molar refractivity (Wildman–Crippen MR) is 53.8 cm³/mol. The molecule has 0 aliphatic rings. The Bertz CT molecular complexity index is 287. The number of benzene rings is 1. The van der Waals surface area contributed by atoms with Crippen LogP contribution in [0.3, 0.4) is 0 Å². The maximum absolute atomic E-state index is 5.34. The normalized spacial score (nSPS) is 10.8. The summed E-state index contributed by atoms with van der Waals surface area (Å²) in [6.07, 6.45) is 4.60. The highest BCUT2D eigenvalue weighted by molar-refractivity contribution is 5.54. The van der Waals surface area contributed by atoms with Crippen LogP contribution < -0.4 is 5.73 Å². The molecule has 1 aromatic carbocycles. The van der Waals surface area contributed by atoms with E-state index in [4.69, 9.17) is 5.73 Å². The number of rotatable bonds is 2. The van der Waals surface area contributed by atoms with Gasteiger partial charge in [0.05, 0.1) is 0 Å². The van der Waals surface area contributed by atoms with Crippen LogP contribution in [0.25, 0.3) is 6.08 Å². The summed E-state index contributed by atoms with van der Waals surface area (Å²) < 4.78 is 0. The van der Waals surface area contributed by atoms with Gasteiger partial charge < -0.3 is 5.73 Å². The van der Waals surface area contributed by atoms with Gasteiger partial charge in [0.15, 0.2) is 0 Å². The lowest BCUT2D eigenvalue weighted by Gasteiger charge is -2.02. The van der Waals surface area contributed by atoms with Gasteiger partial charge in [-0.05, 0) is 42.3 Å². The highest BCUT2D eigenvalue weighted by Gasteiger charge is 1.94. The van der Waals surface area contributed by atoms with E-state index in [0.29, 0.717) is 0 Å². The molecule has 0 atom stereocenters. The summed E-state index contributed by atoms with van der Waals surface area (Å²) in [5.41, 5.74) is 9.19. The molecular formula is C11H15N. The summed E-state index contributed by atoms with van der Waals surface area (Å²) in [6.45, 7) is 4.25. The van der Waals surface area contributed by atoms with Crippen LogP contribution in [-0.2, 0) is 6.42 Å². The second-order valence-electron chi connectivity index (χ2n) is 2.90. The van der Waals surface area contributed by atoms with Crippen LogP contribution in [0.4, 0.5) is 0 Å². The fourth-order valence-electron chi connectivity index (χ4n) is 1.19. The molecule has 1 nitrogen and oxygen atoms in total. The van der Waals surface area contributed by atoms with Gasteiger partial charge in [0.25, 0.3) is 0 Å². The summed E-state index contributed by atoms with van der Waals surface area (Å²) in [7, 11) is 0. The zero-order valence-electron chi connectivity index (χ0n) is 7.67. The predicted octanol–water partition coefficient (Wildman–Crippen LogP) is 2.49. The molecule has 1 aromatic rings. The average Bonchev–Trinajstić information content (AvgIpc) is 2.09. The lowest BCUT2D eigenvalue weighted by Crippen LogP contribution is -1.86. The monoisotopic (exact) mass is 161 g/mol. The first-order valence-electron chi connectivity index (χ1n) is 4.25. The van der Waals surface area contributed by atoms with Gasteiger partial charge in [0.1, 0.15) is 0 Å². The fraction of sp³-hybridized carbons (Fsp3) is 0.273. The van der Waals surface area contributed by atoms with Crippen molar-refractivity contribution in [2.45, 2.75) is 20.3 Å². The summed E-state index contributed by atoms with van der Waals surface area (Å²) in [5.74, 6) is 0. The largest absolute Gasteiger partial charge is 0.405 e. The molecular weight excluding hydrogens is 146 g/mol. The Kier molecular flexibility index (Phi) is 2.92. The minimum Gasteiger partial charge on any atom is -0.405 e. The molecule has 0 radical (unpaired) electrons. The van der Waals surface area contributed by atoms with Crippen LogP contribution in [0.1, 0.15) is 23.6 Å². The van der Waals surface area contributed by atoms with Gasteiger partial charge in [-0.3, -0.25) is 0 Å². The van der Waals surface area contributed by atoms with E-state index in [1.807, 2.05) is 6.08 Å². The summed E-state index contributed by atoms with van der Waals surface area (Å²) >= 11 is 0. The van der Waals surface area contributed by atoms with E-state index in [2.05, 4.69) is 32.0 Å². The highest BCUT2D eigenvalue weighted by Crippen LogP contribution is 2.12. The van der Waals surface area contributed by atoms with E-state index >= 15 is 0 Å². The lowest BCUT2D eigenvalue weighted by atomic mass is 10.0. The molecule has 0 amide bonds. The highest BCUT2D eigenvalue weighted by atomic mass is 14.5. The summed E-state index contributed by atoms with van der Waals surface area (Å²) in [5, 5.41) is 0. The first kappa shape index (κ1) is 8.85. The summed E-state index contributed by atoms with van der Waals surface area (Å²) in [6, 6.07) is 6.47. The van der Waals surface area contributed by atoms with Crippen LogP contribution in [0.15, 0.2) is 24.4 Å². The Balaban J connectivity index is 3.08. The molecule has 2 N–H and O–H groups in total. The Hall–Kier alpha value is -1.24. The molecule has 0 unspecified atom stereocenters. The van der Waals surface area contributed by atoms with Gasteiger partial charge in [-0.2, -0.15) is 0 Å².